The van der Waals surface area contributed by atoms with E-state index in [1.807, 2.05) is 43.3 Å². The van der Waals surface area contributed by atoms with Gasteiger partial charge >= 0.3 is 0 Å². The molecule has 3 aromatic rings. The predicted molar refractivity (Wildman–Crippen MR) is 128 cm³/mol. The summed E-state index contributed by atoms with van der Waals surface area (Å²) in [7, 11) is 0. The Labute approximate surface area is 198 Å². The zero-order valence-corrected chi connectivity index (χ0v) is 19.6. The Bertz CT molecular complexity index is 1210. The first-order valence-electron chi connectivity index (χ1n) is 9.87. The van der Waals surface area contributed by atoms with Gasteiger partial charge in [0.05, 0.1) is 11.4 Å². The second-order valence-electron chi connectivity index (χ2n) is 7.29. The first-order chi connectivity index (χ1) is 15.4. The third-order valence-corrected chi connectivity index (χ3v) is 6.43. The van der Waals surface area contributed by atoms with E-state index in [-0.39, 0.29) is 30.1 Å². The van der Waals surface area contributed by atoms with Crippen LogP contribution < -0.4 is 4.74 Å². The Kier molecular flexibility index (Phi) is 6.77. The van der Waals surface area contributed by atoms with Crippen LogP contribution in [0.2, 0.25) is 0 Å². The average Bonchev–Trinajstić information content (AvgIpc) is 3.03. The molecule has 0 radical (unpaired) electrons. The summed E-state index contributed by atoms with van der Waals surface area (Å²) >= 11 is 4.36. The van der Waals surface area contributed by atoms with Gasteiger partial charge in [-0.1, -0.05) is 52.3 Å². The van der Waals surface area contributed by atoms with Crippen molar-refractivity contribution in [1.82, 2.24) is 4.90 Å². The highest BCUT2D eigenvalue weighted by molar-refractivity contribution is 9.10. The topological polar surface area (TPSA) is 46.6 Å². The highest BCUT2D eigenvalue weighted by atomic mass is 79.9. The molecule has 0 aromatic heterocycles. The molecule has 3 aromatic carbocycles. The molecule has 162 valence electrons. The molecule has 1 heterocycles. The smallest absolute Gasteiger partial charge is 0.293 e. The van der Waals surface area contributed by atoms with Crippen molar-refractivity contribution in [3.63, 3.8) is 0 Å². The molecule has 0 bridgehead atoms. The number of aryl methyl sites for hydroxylation is 1. The van der Waals surface area contributed by atoms with Crippen LogP contribution in [0.5, 0.6) is 5.75 Å². The molecule has 0 atom stereocenters. The minimum atomic E-state index is -0.326. The fourth-order valence-electron chi connectivity index (χ4n) is 3.24. The summed E-state index contributed by atoms with van der Waals surface area (Å²) in [5.41, 5.74) is 3.45. The summed E-state index contributed by atoms with van der Waals surface area (Å²) in [6, 6.07) is 19.2. The molecule has 0 unspecified atom stereocenters. The maximum atomic E-state index is 13.1. The van der Waals surface area contributed by atoms with Gasteiger partial charge in [0, 0.05) is 10.0 Å². The van der Waals surface area contributed by atoms with Crippen LogP contribution in [0.1, 0.15) is 22.3 Å². The number of hydrogen-bond acceptors (Lipinski definition) is 4. The summed E-state index contributed by atoms with van der Waals surface area (Å²) in [5.74, 6) is -0.0737. The van der Waals surface area contributed by atoms with E-state index in [0.29, 0.717) is 16.2 Å². The number of nitrogens with zero attached hydrogens (tertiary/aromatic N) is 1. The Hall–Kier alpha value is -2.90. The molecule has 4 nitrogen and oxygen atoms in total. The molecule has 7 heteroatoms. The van der Waals surface area contributed by atoms with Crippen molar-refractivity contribution in [3.05, 3.63) is 104 Å². The van der Waals surface area contributed by atoms with Crippen LogP contribution in [0, 0.1) is 12.7 Å². The molecule has 1 aliphatic rings. The summed E-state index contributed by atoms with van der Waals surface area (Å²) in [4.78, 5) is 27.1. The van der Waals surface area contributed by atoms with Crippen molar-refractivity contribution in [2.75, 3.05) is 0 Å². The van der Waals surface area contributed by atoms with Gasteiger partial charge in [0.2, 0.25) is 0 Å². The van der Waals surface area contributed by atoms with Gasteiger partial charge in [-0.3, -0.25) is 14.5 Å². The van der Waals surface area contributed by atoms with Gasteiger partial charge in [-0.25, -0.2) is 4.39 Å². The molecule has 1 fully saturated rings. The van der Waals surface area contributed by atoms with E-state index in [1.165, 1.54) is 17.0 Å². The number of imide groups is 1. The monoisotopic (exact) mass is 511 g/mol. The average molecular weight is 512 g/mol. The van der Waals surface area contributed by atoms with E-state index < -0.39 is 0 Å². The van der Waals surface area contributed by atoms with Crippen molar-refractivity contribution in [2.45, 2.75) is 20.1 Å². The highest BCUT2D eigenvalue weighted by Gasteiger charge is 2.35. The number of ether oxygens (including phenoxy) is 1. The number of amides is 2. The van der Waals surface area contributed by atoms with E-state index in [9.17, 15) is 14.0 Å². The quantitative estimate of drug-likeness (QED) is 0.345. The minimum absolute atomic E-state index is 0.237. The Morgan fingerprint density at radius 2 is 1.81 bits per heavy atom. The number of benzene rings is 3. The number of halogens is 2. The second kappa shape index (κ2) is 9.71. The number of carbonyl (C=O) groups excluding carboxylic acids is 2. The van der Waals surface area contributed by atoms with Gasteiger partial charge in [0.15, 0.2) is 0 Å². The summed E-state index contributed by atoms with van der Waals surface area (Å²) in [5, 5.41) is -0.298. The van der Waals surface area contributed by atoms with Gasteiger partial charge in [-0.05, 0) is 71.8 Å². The minimum Gasteiger partial charge on any atom is -0.488 e. The number of hydrogen-bond donors (Lipinski definition) is 0. The first kappa shape index (κ1) is 22.3. The predicted octanol–water partition coefficient (Wildman–Crippen LogP) is 6.71. The normalized spacial score (nSPS) is 15.0. The number of carbonyl (C=O) groups is 2. The first-order valence-corrected chi connectivity index (χ1v) is 11.5. The zero-order chi connectivity index (χ0) is 22.7. The summed E-state index contributed by atoms with van der Waals surface area (Å²) < 4.78 is 19.9. The lowest BCUT2D eigenvalue weighted by Crippen LogP contribution is -2.27. The molecule has 4 rings (SSSR count). The van der Waals surface area contributed by atoms with Gasteiger partial charge in [-0.15, -0.1) is 0 Å². The SMILES string of the molecule is Cc1ccccc1CN1C(=O)S/C(=C\c2cc(Br)ccc2OCc2ccc(F)cc2)C1=O. The molecule has 1 aliphatic heterocycles. The maximum absolute atomic E-state index is 13.1. The highest BCUT2D eigenvalue weighted by Crippen LogP contribution is 2.36. The van der Waals surface area contributed by atoms with Crippen LogP contribution in [-0.4, -0.2) is 16.0 Å². The van der Waals surface area contributed by atoms with E-state index >= 15 is 0 Å². The van der Waals surface area contributed by atoms with Gasteiger partial charge in [-0.2, -0.15) is 0 Å². The lowest BCUT2D eigenvalue weighted by atomic mass is 10.1. The van der Waals surface area contributed by atoms with Crippen molar-refractivity contribution in [1.29, 1.82) is 0 Å². The molecule has 0 aliphatic carbocycles. The second-order valence-corrected chi connectivity index (χ2v) is 9.20. The molecule has 0 spiro atoms. The largest absolute Gasteiger partial charge is 0.488 e. The summed E-state index contributed by atoms with van der Waals surface area (Å²) in [6.45, 7) is 2.44. The van der Waals surface area contributed by atoms with Gasteiger partial charge < -0.3 is 4.74 Å². The molecule has 1 saturated heterocycles. The van der Waals surface area contributed by atoms with Crippen LogP contribution in [0.15, 0.2) is 76.1 Å². The fourth-order valence-corrected chi connectivity index (χ4v) is 4.45. The lowest BCUT2D eigenvalue weighted by Gasteiger charge is -2.14. The Morgan fingerprint density at radius 1 is 1.06 bits per heavy atom. The molecule has 0 N–H and O–H groups in total. The van der Waals surface area contributed by atoms with E-state index in [1.54, 1.807) is 24.3 Å². The van der Waals surface area contributed by atoms with Crippen LogP contribution in [0.4, 0.5) is 9.18 Å². The number of thioether (sulfide) groups is 1. The van der Waals surface area contributed by atoms with E-state index in [4.69, 9.17) is 4.74 Å². The van der Waals surface area contributed by atoms with Crippen molar-refractivity contribution in [3.8, 4) is 5.75 Å². The van der Waals surface area contributed by atoms with Crippen molar-refractivity contribution >= 4 is 44.9 Å². The van der Waals surface area contributed by atoms with Crippen LogP contribution in [0.3, 0.4) is 0 Å². The standard InChI is InChI=1S/C25H19BrFNO3S/c1-16-4-2-3-5-18(16)14-28-24(29)23(32-25(28)30)13-19-12-20(26)8-11-22(19)31-15-17-6-9-21(27)10-7-17/h2-13H,14-15H2,1H3/b23-13-. The number of rotatable bonds is 6. The molecular weight excluding hydrogens is 493 g/mol. The fraction of sp³-hybridized carbons (Fsp3) is 0.120. The maximum Gasteiger partial charge on any atom is 0.293 e. The third-order valence-electron chi connectivity index (χ3n) is 5.03. The van der Waals surface area contributed by atoms with E-state index in [0.717, 1.165) is 32.9 Å². The van der Waals surface area contributed by atoms with Gasteiger partial charge in [0.25, 0.3) is 11.1 Å². The zero-order valence-electron chi connectivity index (χ0n) is 17.2. The molecule has 2 amide bonds. The lowest BCUT2D eigenvalue weighted by molar-refractivity contribution is -0.123. The van der Waals surface area contributed by atoms with Crippen LogP contribution in [0.25, 0.3) is 6.08 Å². The van der Waals surface area contributed by atoms with E-state index in [2.05, 4.69) is 15.9 Å². The van der Waals surface area contributed by atoms with Crippen molar-refractivity contribution < 1.29 is 18.7 Å². The Balaban J connectivity index is 1.55. The molecule has 32 heavy (non-hydrogen) atoms. The molecular formula is C25H19BrFNO3S. The third kappa shape index (κ3) is 5.11. The molecule has 0 saturated carbocycles. The van der Waals surface area contributed by atoms with Crippen LogP contribution in [-0.2, 0) is 17.9 Å². The van der Waals surface area contributed by atoms with Gasteiger partial charge in [0.1, 0.15) is 18.2 Å². The van der Waals surface area contributed by atoms with Crippen LogP contribution >= 0.6 is 27.7 Å². The van der Waals surface area contributed by atoms with Crippen molar-refractivity contribution in [2.24, 2.45) is 0 Å². The Morgan fingerprint density at radius 3 is 2.56 bits per heavy atom. The summed E-state index contributed by atoms with van der Waals surface area (Å²) in [6.07, 6.45) is 1.67.